The molecule has 0 radical (unpaired) electrons. The van der Waals surface area contributed by atoms with Gasteiger partial charge in [0.05, 0.1) is 12.6 Å². The number of amides is 1. The minimum Gasteiger partial charge on any atom is -0.354 e. The Labute approximate surface area is 175 Å². The third-order valence-electron chi connectivity index (χ3n) is 5.66. The summed E-state index contributed by atoms with van der Waals surface area (Å²) in [6.45, 7) is 12.7. The van der Waals surface area contributed by atoms with E-state index in [1.807, 2.05) is 24.4 Å². The summed E-state index contributed by atoms with van der Waals surface area (Å²) in [6.07, 6.45) is 1.83. The Morgan fingerprint density at radius 3 is 2.17 bits per heavy atom. The van der Waals surface area contributed by atoms with Gasteiger partial charge < -0.3 is 10.2 Å². The molecule has 5 nitrogen and oxygen atoms in total. The van der Waals surface area contributed by atoms with Crippen molar-refractivity contribution in [1.82, 2.24) is 15.2 Å². The van der Waals surface area contributed by atoms with Crippen LogP contribution in [0.25, 0.3) is 0 Å². The molecule has 0 saturated carbocycles. The van der Waals surface area contributed by atoms with Crippen molar-refractivity contribution in [1.29, 1.82) is 0 Å². The molecule has 2 heterocycles. The minimum absolute atomic E-state index is 0.0403. The van der Waals surface area contributed by atoms with Crippen molar-refractivity contribution < 1.29 is 4.79 Å². The van der Waals surface area contributed by atoms with Gasteiger partial charge in [0.25, 0.3) is 0 Å². The molecular formula is C24H34N4O. The molecule has 1 aromatic carbocycles. The van der Waals surface area contributed by atoms with Crippen molar-refractivity contribution >= 4 is 11.7 Å². The zero-order chi connectivity index (χ0) is 20.8. The quantitative estimate of drug-likeness (QED) is 0.775. The Morgan fingerprint density at radius 2 is 1.62 bits per heavy atom. The number of anilines is 1. The minimum atomic E-state index is 0.0403. The average molecular weight is 395 g/mol. The van der Waals surface area contributed by atoms with Gasteiger partial charge in [-0.05, 0) is 35.1 Å². The molecule has 1 fully saturated rings. The Balaban J connectivity index is 1.53. The highest BCUT2D eigenvalue weighted by molar-refractivity contribution is 5.78. The molecule has 1 saturated heterocycles. The standard InChI is InChI=1S/C24H34N4O/c1-18(2)20-8-10-21(11-9-20)24(19(3)4)26-23(29)17-27-13-15-28(16-14-27)22-7-5-6-12-25-22/h5-12,18-19,24H,13-17H2,1-4H3,(H,26,29)/t24-/m0/s1. The van der Waals surface area contributed by atoms with Crippen LogP contribution in [0.5, 0.6) is 0 Å². The summed E-state index contributed by atoms with van der Waals surface area (Å²) in [7, 11) is 0. The average Bonchev–Trinajstić information content (AvgIpc) is 2.73. The van der Waals surface area contributed by atoms with E-state index in [4.69, 9.17) is 0 Å². The maximum Gasteiger partial charge on any atom is 0.234 e. The summed E-state index contributed by atoms with van der Waals surface area (Å²) in [5, 5.41) is 3.27. The third-order valence-corrected chi connectivity index (χ3v) is 5.66. The Bertz CT molecular complexity index is 765. The summed E-state index contributed by atoms with van der Waals surface area (Å²) < 4.78 is 0. The van der Waals surface area contributed by atoms with Gasteiger partial charge in [-0.3, -0.25) is 9.69 Å². The molecule has 1 aromatic heterocycles. The van der Waals surface area contributed by atoms with Gasteiger partial charge >= 0.3 is 0 Å². The first kappa shape index (κ1) is 21.3. The van der Waals surface area contributed by atoms with Gasteiger partial charge in [0, 0.05) is 32.4 Å². The zero-order valence-electron chi connectivity index (χ0n) is 18.1. The van der Waals surface area contributed by atoms with E-state index in [-0.39, 0.29) is 11.9 Å². The molecule has 0 unspecified atom stereocenters. The molecule has 0 spiro atoms. The van der Waals surface area contributed by atoms with Crippen LogP contribution in [0.4, 0.5) is 5.82 Å². The molecule has 2 aromatic rings. The van der Waals surface area contributed by atoms with Crippen LogP contribution in [0, 0.1) is 5.92 Å². The monoisotopic (exact) mass is 394 g/mol. The van der Waals surface area contributed by atoms with Crippen LogP contribution < -0.4 is 10.2 Å². The molecule has 156 valence electrons. The van der Waals surface area contributed by atoms with Gasteiger partial charge in [0.15, 0.2) is 0 Å². The summed E-state index contributed by atoms with van der Waals surface area (Å²) in [6, 6.07) is 14.7. The number of nitrogens with one attached hydrogen (secondary N) is 1. The SMILES string of the molecule is CC(C)c1ccc([C@@H](NC(=O)CN2CCN(c3ccccn3)CC2)C(C)C)cc1. The fraction of sp³-hybridized carbons (Fsp3) is 0.500. The smallest absolute Gasteiger partial charge is 0.234 e. The molecule has 1 atom stereocenters. The highest BCUT2D eigenvalue weighted by Crippen LogP contribution is 2.24. The van der Waals surface area contributed by atoms with Crippen LogP contribution in [0.1, 0.15) is 50.8 Å². The molecule has 5 heteroatoms. The number of rotatable bonds is 7. The number of pyridine rings is 1. The fourth-order valence-electron chi connectivity index (χ4n) is 3.82. The van der Waals surface area contributed by atoms with Crippen molar-refractivity contribution in [3.8, 4) is 0 Å². The third kappa shape index (κ3) is 5.80. The number of aromatic nitrogens is 1. The molecule has 1 aliphatic rings. The van der Waals surface area contributed by atoms with Crippen LogP contribution in [-0.2, 0) is 4.79 Å². The van der Waals surface area contributed by atoms with Crippen LogP contribution >= 0.6 is 0 Å². The van der Waals surface area contributed by atoms with Gasteiger partial charge in [0.2, 0.25) is 5.91 Å². The van der Waals surface area contributed by atoms with E-state index in [9.17, 15) is 4.79 Å². The number of nitrogens with zero attached hydrogens (tertiary/aromatic N) is 3. The van der Waals surface area contributed by atoms with E-state index in [0.717, 1.165) is 32.0 Å². The first-order valence-corrected chi connectivity index (χ1v) is 10.7. The largest absolute Gasteiger partial charge is 0.354 e. The molecule has 1 amide bonds. The van der Waals surface area contributed by atoms with Gasteiger partial charge in [0.1, 0.15) is 5.82 Å². The highest BCUT2D eigenvalue weighted by Gasteiger charge is 2.23. The summed E-state index contributed by atoms with van der Waals surface area (Å²) in [4.78, 5) is 21.7. The zero-order valence-corrected chi connectivity index (χ0v) is 18.1. The van der Waals surface area contributed by atoms with Crippen LogP contribution in [-0.4, -0.2) is 48.5 Å². The maximum atomic E-state index is 12.7. The van der Waals surface area contributed by atoms with Crippen LogP contribution in [0.3, 0.4) is 0 Å². The lowest BCUT2D eigenvalue weighted by atomic mass is 9.93. The van der Waals surface area contributed by atoms with E-state index in [1.165, 1.54) is 11.1 Å². The van der Waals surface area contributed by atoms with E-state index in [1.54, 1.807) is 0 Å². The molecule has 1 aliphatic heterocycles. The lowest BCUT2D eigenvalue weighted by molar-refractivity contribution is -0.123. The Hall–Kier alpha value is -2.40. The number of benzene rings is 1. The number of carbonyl (C=O) groups is 1. The van der Waals surface area contributed by atoms with Gasteiger partial charge in [-0.25, -0.2) is 4.98 Å². The van der Waals surface area contributed by atoms with Crippen molar-refractivity contribution in [3.05, 3.63) is 59.8 Å². The molecule has 3 rings (SSSR count). The lowest BCUT2D eigenvalue weighted by Gasteiger charge is -2.35. The van der Waals surface area contributed by atoms with Crippen LogP contribution in [0.2, 0.25) is 0 Å². The number of hydrogen-bond donors (Lipinski definition) is 1. The van der Waals surface area contributed by atoms with E-state index in [0.29, 0.717) is 18.4 Å². The van der Waals surface area contributed by atoms with Crippen molar-refractivity contribution in [2.75, 3.05) is 37.6 Å². The van der Waals surface area contributed by atoms with Crippen molar-refractivity contribution in [2.45, 2.75) is 39.7 Å². The fourth-order valence-corrected chi connectivity index (χ4v) is 3.82. The summed E-state index contributed by atoms with van der Waals surface area (Å²) in [5.41, 5.74) is 2.51. The van der Waals surface area contributed by atoms with E-state index >= 15 is 0 Å². The Morgan fingerprint density at radius 1 is 0.966 bits per heavy atom. The second-order valence-corrected chi connectivity index (χ2v) is 8.56. The second-order valence-electron chi connectivity index (χ2n) is 8.56. The highest BCUT2D eigenvalue weighted by atomic mass is 16.2. The van der Waals surface area contributed by atoms with Crippen LogP contribution in [0.15, 0.2) is 48.7 Å². The first-order chi connectivity index (χ1) is 13.9. The predicted molar refractivity (Wildman–Crippen MR) is 119 cm³/mol. The van der Waals surface area contributed by atoms with E-state index in [2.05, 4.69) is 72.1 Å². The van der Waals surface area contributed by atoms with Crippen molar-refractivity contribution in [2.24, 2.45) is 5.92 Å². The summed E-state index contributed by atoms with van der Waals surface area (Å²) in [5.74, 6) is 1.97. The molecular weight excluding hydrogens is 360 g/mol. The lowest BCUT2D eigenvalue weighted by Crippen LogP contribution is -2.50. The molecule has 0 bridgehead atoms. The molecule has 1 N–H and O–H groups in total. The Kier molecular flexibility index (Phi) is 7.26. The number of piperazine rings is 1. The second kappa shape index (κ2) is 9.88. The molecule has 29 heavy (non-hydrogen) atoms. The topological polar surface area (TPSA) is 48.5 Å². The number of carbonyl (C=O) groups excluding carboxylic acids is 1. The maximum absolute atomic E-state index is 12.7. The van der Waals surface area contributed by atoms with Crippen molar-refractivity contribution in [3.63, 3.8) is 0 Å². The van der Waals surface area contributed by atoms with E-state index < -0.39 is 0 Å². The number of hydrogen-bond acceptors (Lipinski definition) is 4. The van der Waals surface area contributed by atoms with Gasteiger partial charge in [-0.15, -0.1) is 0 Å². The van der Waals surface area contributed by atoms with Gasteiger partial charge in [-0.1, -0.05) is 58.0 Å². The van der Waals surface area contributed by atoms with Gasteiger partial charge in [-0.2, -0.15) is 0 Å². The predicted octanol–water partition coefficient (Wildman–Crippen LogP) is 3.84. The normalized spacial score (nSPS) is 16.3. The summed E-state index contributed by atoms with van der Waals surface area (Å²) >= 11 is 0. The molecule has 0 aliphatic carbocycles. The first-order valence-electron chi connectivity index (χ1n) is 10.7.